The molecule has 3 unspecified atom stereocenters. The van der Waals surface area contributed by atoms with Gasteiger partial charge in [-0.3, -0.25) is 0 Å². The van der Waals surface area contributed by atoms with Crippen LogP contribution >= 0.6 is 11.3 Å². The van der Waals surface area contributed by atoms with E-state index in [1.807, 2.05) is 11.3 Å². The molecule has 1 fully saturated rings. The number of aromatic nitrogens is 1. The average Bonchev–Trinajstić information content (AvgIpc) is 2.84. The van der Waals surface area contributed by atoms with E-state index in [1.165, 1.54) is 34.5 Å². The van der Waals surface area contributed by atoms with Gasteiger partial charge in [-0.15, -0.1) is 11.3 Å². The van der Waals surface area contributed by atoms with E-state index in [0.717, 1.165) is 30.7 Å². The molecule has 1 saturated carbocycles. The fourth-order valence-corrected chi connectivity index (χ4v) is 4.63. The summed E-state index contributed by atoms with van der Waals surface area (Å²) in [6, 6.07) is 8.50. The van der Waals surface area contributed by atoms with Gasteiger partial charge in [-0.05, 0) is 56.3 Å². The third-order valence-electron chi connectivity index (χ3n) is 4.64. The number of hydrogen-bond donors (Lipinski definition) is 1. The average molecular weight is 288 g/mol. The third kappa shape index (κ3) is 3.04. The molecule has 0 saturated heterocycles. The monoisotopic (exact) mass is 288 g/mol. The molecule has 1 aromatic carbocycles. The molecule has 2 nitrogen and oxygen atoms in total. The molecule has 1 N–H and O–H groups in total. The first-order valence-electron chi connectivity index (χ1n) is 7.75. The second-order valence-electron chi connectivity index (χ2n) is 6.28. The van der Waals surface area contributed by atoms with E-state index in [-0.39, 0.29) is 0 Å². The van der Waals surface area contributed by atoms with E-state index in [2.05, 4.69) is 43.6 Å². The Kier molecular flexibility index (Phi) is 4.37. The number of rotatable bonds is 4. The summed E-state index contributed by atoms with van der Waals surface area (Å²) in [7, 11) is 2.08. The minimum Gasteiger partial charge on any atom is -0.319 e. The largest absolute Gasteiger partial charge is 0.319 e. The van der Waals surface area contributed by atoms with E-state index >= 15 is 0 Å². The molecule has 1 heterocycles. The topological polar surface area (TPSA) is 24.9 Å². The molecule has 1 aliphatic carbocycles. The van der Waals surface area contributed by atoms with Crippen LogP contribution in [-0.2, 0) is 6.42 Å². The smallest absolute Gasteiger partial charge is 0.0941 e. The molecule has 3 heteroatoms. The summed E-state index contributed by atoms with van der Waals surface area (Å²) in [4.78, 5) is 4.82. The number of nitrogens with one attached hydrogen (secondary N) is 1. The predicted octanol–water partition coefficient (Wildman–Crippen LogP) is 4.11. The zero-order valence-corrected chi connectivity index (χ0v) is 13.2. The number of para-hydroxylation sites is 1. The molecule has 20 heavy (non-hydrogen) atoms. The number of fused-ring (bicyclic) bond motifs is 1. The fourth-order valence-electron chi connectivity index (χ4n) is 3.57. The van der Waals surface area contributed by atoms with Crippen molar-refractivity contribution in [1.82, 2.24) is 10.3 Å². The van der Waals surface area contributed by atoms with Crippen LogP contribution in [-0.4, -0.2) is 18.6 Å². The number of hydrogen-bond acceptors (Lipinski definition) is 3. The Morgan fingerprint density at radius 1 is 1.25 bits per heavy atom. The van der Waals surface area contributed by atoms with Crippen LogP contribution in [0, 0.1) is 17.8 Å². The standard InChI is InChI=1S/C17H24N2S/c1-12-7-8-13(11-18-2)14(9-12)10-17-19-15-5-3-4-6-16(15)20-17/h3-6,12-14,18H,7-11H2,1-2H3. The molecule has 0 radical (unpaired) electrons. The molecule has 0 spiro atoms. The van der Waals surface area contributed by atoms with Gasteiger partial charge in [0.1, 0.15) is 0 Å². The van der Waals surface area contributed by atoms with Crippen molar-refractivity contribution in [2.24, 2.45) is 17.8 Å². The quantitative estimate of drug-likeness (QED) is 0.916. The van der Waals surface area contributed by atoms with Crippen LogP contribution in [0.25, 0.3) is 10.2 Å². The SMILES string of the molecule is CNCC1CCC(C)CC1Cc1nc2ccccc2s1. The van der Waals surface area contributed by atoms with Crippen LogP contribution < -0.4 is 5.32 Å². The van der Waals surface area contributed by atoms with Crippen molar-refractivity contribution in [2.75, 3.05) is 13.6 Å². The first kappa shape index (κ1) is 14.0. The summed E-state index contributed by atoms with van der Waals surface area (Å²) in [5, 5.41) is 4.70. The zero-order valence-electron chi connectivity index (χ0n) is 12.4. The minimum absolute atomic E-state index is 0.798. The Morgan fingerprint density at radius 3 is 2.90 bits per heavy atom. The van der Waals surface area contributed by atoms with Crippen molar-refractivity contribution in [1.29, 1.82) is 0 Å². The predicted molar refractivity (Wildman–Crippen MR) is 87.2 cm³/mol. The summed E-state index contributed by atoms with van der Waals surface area (Å²) < 4.78 is 1.33. The van der Waals surface area contributed by atoms with Crippen LogP contribution in [0.3, 0.4) is 0 Å². The molecule has 2 aromatic rings. The van der Waals surface area contributed by atoms with Crippen LogP contribution in [0.2, 0.25) is 0 Å². The maximum Gasteiger partial charge on any atom is 0.0941 e. The first-order valence-corrected chi connectivity index (χ1v) is 8.57. The van der Waals surface area contributed by atoms with Gasteiger partial charge >= 0.3 is 0 Å². The van der Waals surface area contributed by atoms with Gasteiger partial charge < -0.3 is 5.32 Å². The van der Waals surface area contributed by atoms with Crippen molar-refractivity contribution >= 4 is 21.6 Å². The van der Waals surface area contributed by atoms with Crippen LogP contribution in [0.15, 0.2) is 24.3 Å². The Balaban J connectivity index is 1.76. The molecular formula is C17H24N2S. The second kappa shape index (κ2) is 6.23. The van der Waals surface area contributed by atoms with E-state index in [4.69, 9.17) is 4.98 Å². The lowest BCUT2D eigenvalue weighted by Crippen LogP contribution is -2.32. The van der Waals surface area contributed by atoms with Gasteiger partial charge in [0.25, 0.3) is 0 Å². The summed E-state index contributed by atoms with van der Waals surface area (Å²) in [6.07, 6.45) is 5.29. The summed E-state index contributed by atoms with van der Waals surface area (Å²) in [5.41, 5.74) is 1.17. The van der Waals surface area contributed by atoms with Gasteiger partial charge in [-0.1, -0.05) is 25.5 Å². The molecule has 3 rings (SSSR count). The summed E-state index contributed by atoms with van der Waals surface area (Å²) >= 11 is 1.88. The molecule has 1 aliphatic rings. The van der Waals surface area contributed by atoms with E-state index < -0.39 is 0 Å². The molecule has 108 valence electrons. The highest BCUT2D eigenvalue weighted by Gasteiger charge is 2.29. The third-order valence-corrected chi connectivity index (χ3v) is 5.70. The molecule has 0 amide bonds. The number of benzene rings is 1. The van der Waals surface area contributed by atoms with Gasteiger partial charge in [0.05, 0.1) is 15.2 Å². The fraction of sp³-hybridized carbons (Fsp3) is 0.588. The molecule has 3 atom stereocenters. The maximum atomic E-state index is 4.82. The summed E-state index contributed by atoms with van der Waals surface area (Å²) in [6.45, 7) is 3.56. The minimum atomic E-state index is 0.798. The normalized spacial score (nSPS) is 27.0. The van der Waals surface area contributed by atoms with Crippen molar-refractivity contribution in [3.8, 4) is 0 Å². The van der Waals surface area contributed by atoms with Crippen LogP contribution in [0.1, 0.15) is 31.2 Å². The van der Waals surface area contributed by atoms with Crippen molar-refractivity contribution in [3.05, 3.63) is 29.3 Å². The van der Waals surface area contributed by atoms with Gasteiger partial charge in [0, 0.05) is 6.42 Å². The zero-order chi connectivity index (χ0) is 13.9. The van der Waals surface area contributed by atoms with Crippen LogP contribution in [0.4, 0.5) is 0 Å². The Morgan fingerprint density at radius 2 is 2.10 bits per heavy atom. The van der Waals surface area contributed by atoms with Gasteiger partial charge in [-0.2, -0.15) is 0 Å². The van der Waals surface area contributed by atoms with Crippen molar-refractivity contribution < 1.29 is 0 Å². The number of nitrogens with zero attached hydrogens (tertiary/aromatic N) is 1. The first-order chi connectivity index (χ1) is 9.76. The highest BCUT2D eigenvalue weighted by atomic mass is 32.1. The Bertz CT molecular complexity index is 530. The highest BCUT2D eigenvalue weighted by Crippen LogP contribution is 2.36. The second-order valence-corrected chi connectivity index (χ2v) is 7.39. The van der Waals surface area contributed by atoms with Crippen LogP contribution in [0.5, 0.6) is 0 Å². The van der Waals surface area contributed by atoms with E-state index in [0.29, 0.717) is 0 Å². The Hall–Kier alpha value is -0.930. The summed E-state index contributed by atoms with van der Waals surface area (Å²) in [5.74, 6) is 2.50. The lowest BCUT2D eigenvalue weighted by molar-refractivity contribution is 0.186. The highest BCUT2D eigenvalue weighted by molar-refractivity contribution is 7.18. The van der Waals surface area contributed by atoms with Gasteiger partial charge in [0.15, 0.2) is 0 Å². The molecule has 0 bridgehead atoms. The molecule has 0 aliphatic heterocycles. The lowest BCUT2D eigenvalue weighted by Gasteiger charge is -2.34. The van der Waals surface area contributed by atoms with Gasteiger partial charge in [0.2, 0.25) is 0 Å². The van der Waals surface area contributed by atoms with Crippen molar-refractivity contribution in [2.45, 2.75) is 32.6 Å². The molecular weight excluding hydrogens is 264 g/mol. The van der Waals surface area contributed by atoms with Gasteiger partial charge in [-0.25, -0.2) is 4.98 Å². The van der Waals surface area contributed by atoms with Crippen molar-refractivity contribution in [3.63, 3.8) is 0 Å². The van der Waals surface area contributed by atoms with E-state index in [1.54, 1.807) is 0 Å². The maximum absolute atomic E-state index is 4.82. The number of thiazole rings is 1. The molecule has 1 aromatic heterocycles. The van der Waals surface area contributed by atoms with E-state index in [9.17, 15) is 0 Å². The lowest BCUT2D eigenvalue weighted by atomic mass is 9.73. The Labute approximate surface area is 125 Å².